The van der Waals surface area contributed by atoms with Gasteiger partial charge in [-0.1, -0.05) is 52.0 Å². The minimum Gasteiger partial charge on any atom is -0.492 e. The highest BCUT2D eigenvalue weighted by Crippen LogP contribution is 2.45. The first-order chi connectivity index (χ1) is 13.6. The van der Waals surface area contributed by atoms with Gasteiger partial charge in [-0.25, -0.2) is 0 Å². The number of amides is 1. The molecule has 164 valence electrons. The first-order valence-electron chi connectivity index (χ1n) is 10.5. The molecule has 1 amide bonds. The predicted molar refractivity (Wildman–Crippen MR) is 126 cm³/mol. The van der Waals surface area contributed by atoms with Gasteiger partial charge >= 0.3 is 0 Å². The van der Waals surface area contributed by atoms with Gasteiger partial charge in [-0.05, 0) is 65.5 Å². The van der Waals surface area contributed by atoms with E-state index in [2.05, 4.69) is 33.0 Å². The van der Waals surface area contributed by atoms with E-state index in [1.165, 1.54) is 19.3 Å². The molecular formula is C25H35ClN2O2. The van der Waals surface area contributed by atoms with Gasteiger partial charge in [0.2, 0.25) is 5.91 Å². The van der Waals surface area contributed by atoms with Gasteiger partial charge in [0.1, 0.15) is 12.4 Å². The maximum Gasteiger partial charge on any atom is 0.248 e. The lowest BCUT2D eigenvalue weighted by Gasteiger charge is -2.45. The smallest absolute Gasteiger partial charge is 0.248 e. The normalized spacial score (nSPS) is 17.7. The first kappa shape index (κ1) is 24.2. The van der Waals surface area contributed by atoms with Gasteiger partial charge in [-0.3, -0.25) is 4.79 Å². The van der Waals surface area contributed by atoms with Crippen LogP contribution in [0.25, 0.3) is 11.1 Å². The fourth-order valence-corrected chi connectivity index (χ4v) is 5.01. The van der Waals surface area contributed by atoms with Gasteiger partial charge in [0.25, 0.3) is 0 Å². The molecule has 2 aromatic rings. The molecule has 0 saturated heterocycles. The largest absolute Gasteiger partial charge is 0.492 e. The Morgan fingerprint density at radius 1 is 1.03 bits per heavy atom. The van der Waals surface area contributed by atoms with Gasteiger partial charge in [0, 0.05) is 18.2 Å². The summed E-state index contributed by atoms with van der Waals surface area (Å²) in [6.45, 7) is 11.0. The number of nitrogens with two attached hydrogens (primary N) is 1. The number of ether oxygens (including phenoxy) is 1. The lowest BCUT2D eigenvalue weighted by Crippen LogP contribution is -2.44. The van der Waals surface area contributed by atoms with E-state index in [9.17, 15) is 4.79 Å². The Bertz CT molecular complexity index is 830. The molecule has 1 aliphatic carbocycles. The van der Waals surface area contributed by atoms with E-state index in [-0.39, 0.29) is 12.4 Å². The van der Waals surface area contributed by atoms with Gasteiger partial charge in [-0.15, -0.1) is 12.4 Å². The molecule has 0 bridgehead atoms. The van der Waals surface area contributed by atoms with E-state index in [0.29, 0.717) is 29.0 Å². The van der Waals surface area contributed by atoms with Crippen molar-refractivity contribution in [3.63, 3.8) is 0 Å². The lowest BCUT2D eigenvalue weighted by molar-refractivity contribution is 0.0835. The van der Waals surface area contributed by atoms with Crippen LogP contribution in [0.5, 0.6) is 5.75 Å². The van der Waals surface area contributed by atoms with Gasteiger partial charge in [0.05, 0.1) is 0 Å². The molecule has 30 heavy (non-hydrogen) atoms. The van der Waals surface area contributed by atoms with Crippen molar-refractivity contribution in [2.24, 2.45) is 16.6 Å². The zero-order chi connectivity index (χ0) is 21.1. The summed E-state index contributed by atoms with van der Waals surface area (Å²) in [5.74, 6) is 0.443. The number of hydrogen-bond donors (Lipinski definition) is 2. The highest BCUT2D eigenvalue weighted by Gasteiger charge is 2.38. The summed E-state index contributed by atoms with van der Waals surface area (Å²) < 4.78 is 5.99. The molecule has 1 saturated carbocycles. The van der Waals surface area contributed by atoms with Crippen LogP contribution in [0.2, 0.25) is 0 Å². The predicted octanol–water partition coefficient (Wildman–Crippen LogP) is 5.45. The third-order valence-electron chi connectivity index (χ3n) is 5.70. The van der Waals surface area contributed by atoms with E-state index in [4.69, 9.17) is 10.5 Å². The molecule has 1 fully saturated rings. The van der Waals surface area contributed by atoms with Crippen LogP contribution in [0.1, 0.15) is 57.3 Å². The molecule has 3 N–H and O–H groups in total. The summed E-state index contributed by atoms with van der Waals surface area (Å²) in [6.07, 6.45) is 3.71. The SMILES string of the molecule is CC1(C)CC(NCCOc2cccc(-c3ccc(C(N)=O)cc3)c2)CC(C)(C)C1.Cl. The van der Waals surface area contributed by atoms with Crippen molar-refractivity contribution >= 4 is 18.3 Å². The van der Waals surface area contributed by atoms with Crippen molar-refractivity contribution in [1.29, 1.82) is 0 Å². The number of benzene rings is 2. The summed E-state index contributed by atoms with van der Waals surface area (Å²) in [5, 5.41) is 3.70. The lowest BCUT2D eigenvalue weighted by atomic mass is 9.63. The quantitative estimate of drug-likeness (QED) is 0.574. The molecule has 5 heteroatoms. The van der Waals surface area contributed by atoms with Crippen molar-refractivity contribution in [1.82, 2.24) is 5.32 Å². The molecular weight excluding hydrogens is 396 g/mol. The molecule has 1 aliphatic rings. The summed E-state index contributed by atoms with van der Waals surface area (Å²) in [6, 6.07) is 15.9. The van der Waals surface area contributed by atoms with Crippen LogP contribution in [0.3, 0.4) is 0 Å². The number of primary amides is 1. The second-order valence-corrected chi connectivity index (χ2v) is 9.88. The fraction of sp³-hybridized carbons (Fsp3) is 0.480. The summed E-state index contributed by atoms with van der Waals surface area (Å²) >= 11 is 0. The number of carbonyl (C=O) groups excluding carboxylic acids is 1. The molecule has 0 aliphatic heterocycles. The Morgan fingerprint density at radius 2 is 1.67 bits per heavy atom. The zero-order valence-corrected chi connectivity index (χ0v) is 19.4. The standard InChI is InChI=1S/C25H34N2O2.ClH/c1-24(2)15-21(16-25(3,4)17-24)27-12-13-29-22-7-5-6-20(14-22)18-8-10-19(11-9-18)23(26)28;/h5-11,14,21,27H,12-13,15-17H2,1-4H3,(H2,26,28);1H. The van der Waals surface area contributed by atoms with Gasteiger partial charge in [0.15, 0.2) is 0 Å². The van der Waals surface area contributed by atoms with Crippen LogP contribution < -0.4 is 15.8 Å². The monoisotopic (exact) mass is 430 g/mol. The van der Waals surface area contributed by atoms with E-state index >= 15 is 0 Å². The Balaban J connectivity index is 0.00000320. The van der Waals surface area contributed by atoms with Crippen LogP contribution >= 0.6 is 12.4 Å². The number of rotatable bonds is 7. The van der Waals surface area contributed by atoms with Crippen LogP contribution in [0, 0.1) is 10.8 Å². The maximum absolute atomic E-state index is 11.2. The molecule has 0 spiro atoms. The third kappa shape index (κ3) is 6.75. The van der Waals surface area contributed by atoms with Crippen LogP contribution in [0.15, 0.2) is 48.5 Å². The van der Waals surface area contributed by atoms with E-state index < -0.39 is 5.91 Å². The minimum absolute atomic E-state index is 0. The van der Waals surface area contributed by atoms with Gasteiger partial charge < -0.3 is 15.8 Å². The number of nitrogens with one attached hydrogen (secondary N) is 1. The Morgan fingerprint density at radius 3 is 2.27 bits per heavy atom. The third-order valence-corrected chi connectivity index (χ3v) is 5.70. The van der Waals surface area contributed by atoms with Crippen molar-refractivity contribution in [3.05, 3.63) is 54.1 Å². The highest BCUT2D eigenvalue weighted by molar-refractivity contribution is 5.93. The number of halogens is 1. The number of carbonyl (C=O) groups is 1. The maximum atomic E-state index is 11.2. The summed E-state index contributed by atoms with van der Waals surface area (Å²) in [4.78, 5) is 11.2. The molecule has 0 radical (unpaired) electrons. The minimum atomic E-state index is -0.411. The highest BCUT2D eigenvalue weighted by atomic mass is 35.5. The topological polar surface area (TPSA) is 64.3 Å². The molecule has 0 heterocycles. The summed E-state index contributed by atoms with van der Waals surface area (Å²) in [7, 11) is 0. The van der Waals surface area contributed by atoms with Gasteiger partial charge in [-0.2, -0.15) is 0 Å². The van der Waals surface area contributed by atoms with Crippen molar-refractivity contribution in [2.45, 2.75) is 53.0 Å². The Labute approximate surface area is 187 Å². The van der Waals surface area contributed by atoms with Crippen LogP contribution in [0.4, 0.5) is 0 Å². The second kappa shape index (κ2) is 9.84. The fourth-order valence-electron chi connectivity index (χ4n) is 5.01. The Hall–Kier alpha value is -2.04. The molecule has 2 aromatic carbocycles. The molecule has 4 nitrogen and oxygen atoms in total. The molecule has 0 atom stereocenters. The first-order valence-corrected chi connectivity index (χ1v) is 10.5. The molecule has 0 unspecified atom stereocenters. The van der Waals surface area contributed by atoms with E-state index in [1.807, 2.05) is 36.4 Å². The Kier molecular flexibility index (Phi) is 7.95. The molecule has 0 aromatic heterocycles. The molecule has 3 rings (SSSR count). The van der Waals surface area contributed by atoms with E-state index in [1.54, 1.807) is 12.1 Å². The zero-order valence-electron chi connectivity index (χ0n) is 18.5. The number of hydrogen-bond acceptors (Lipinski definition) is 3. The van der Waals surface area contributed by atoms with Crippen LogP contribution in [-0.2, 0) is 0 Å². The second-order valence-electron chi connectivity index (χ2n) is 9.88. The average Bonchev–Trinajstić information content (AvgIpc) is 2.63. The average molecular weight is 431 g/mol. The van der Waals surface area contributed by atoms with Crippen molar-refractivity contribution < 1.29 is 9.53 Å². The van der Waals surface area contributed by atoms with Crippen LogP contribution in [-0.4, -0.2) is 25.1 Å². The summed E-state index contributed by atoms with van der Waals surface area (Å²) in [5.41, 5.74) is 8.69. The van der Waals surface area contributed by atoms with Crippen molar-refractivity contribution in [3.8, 4) is 16.9 Å². The van der Waals surface area contributed by atoms with E-state index in [0.717, 1.165) is 23.4 Å². The van der Waals surface area contributed by atoms with Crippen molar-refractivity contribution in [2.75, 3.05) is 13.2 Å².